The number of hydrogen-bond acceptors (Lipinski definition) is 3. The Bertz CT molecular complexity index is 438. The number of nitrogens with one attached hydrogen (secondary N) is 1. The number of halogens is 1. The molecular weight excluding hydrogens is 282 g/mol. The van der Waals surface area contributed by atoms with Crippen LogP contribution in [0.3, 0.4) is 0 Å². The van der Waals surface area contributed by atoms with Gasteiger partial charge in [0, 0.05) is 17.2 Å². The number of aromatic nitrogens is 1. The molecule has 1 aromatic heterocycles. The van der Waals surface area contributed by atoms with Crippen molar-refractivity contribution in [3.8, 4) is 0 Å². The van der Waals surface area contributed by atoms with E-state index in [-0.39, 0.29) is 11.3 Å². The van der Waals surface area contributed by atoms with Crippen LogP contribution in [0.4, 0.5) is 5.82 Å². The molecule has 1 fully saturated rings. The second-order valence-corrected chi connectivity index (χ2v) is 5.53. The number of carbonyl (C=O) groups is 1. The fourth-order valence-electron chi connectivity index (χ4n) is 2.04. The van der Waals surface area contributed by atoms with E-state index in [0.29, 0.717) is 12.4 Å². The minimum absolute atomic E-state index is 0.00386. The highest BCUT2D eigenvalue weighted by molar-refractivity contribution is 9.10. The minimum atomic E-state index is -0.360. The zero-order valence-corrected chi connectivity index (χ0v) is 11.4. The van der Waals surface area contributed by atoms with E-state index in [9.17, 15) is 4.79 Å². The van der Waals surface area contributed by atoms with Gasteiger partial charge in [0.1, 0.15) is 5.82 Å². The molecule has 1 aliphatic carbocycles. The zero-order chi connectivity index (χ0) is 12.5. The van der Waals surface area contributed by atoms with Gasteiger partial charge in [-0.1, -0.05) is 6.42 Å². The van der Waals surface area contributed by atoms with Crippen LogP contribution >= 0.6 is 15.9 Å². The van der Waals surface area contributed by atoms with Gasteiger partial charge in [-0.05, 0) is 47.3 Å². The van der Waals surface area contributed by atoms with Crippen LogP contribution in [0.5, 0.6) is 0 Å². The van der Waals surface area contributed by atoms with Crippen molar-refractivity contribution < 1.29 is 4.79 Å². The van der Waals surface area contributed by atoms with Gasteiger partial charge in [-0.3, -0.25) is 4.79 Å². The van der Waals surface area contributed by atoms with Gasteiger partial charge in [0.25, 0.3) is 0 Å². The van der Waals surface area contributed by atoms with E-state index in [1.165, 1.54) is 0 Å². The van der Waals surface area contributed by atoms with Crippen molar-refractivity contribution in [2.75, 3.05) is 11.9 Å². The number of hydrogen-bond donors (Lipinski definition) is 2. The number of nitrogens with zero attached hydrogens (tertiary/aromatic N) is 1. The lowest BCUT2D eigenvalue weighted by molar-refractivity contribution is -0.129. The molecule has 4 nitrogen and oxygen atoms in total. The fourth-order valence-corrected chi connectivity index (χ4v) is 2.48. The molecule has 1 aliphatic rings. The molecule has 0 aliphatic heterocycles. The summed E-state index contributed by atoms with van der Waals surface area (Å²) in [6.45, 7) is 2.33. The quantitative estimate of drug-likeness (QED) is 0.899. The lowest BCUT2D eigenvalue weighted by Gasteiger charge is -2.38. The summed E-state index contributed by atoms with van der Waals surface area (Å²) in [5.74, 6) is 0.627. The first kappa shape index (κ1) is 12.5. The van der Waals surface area contributed by atoms with Gasteiger partial charge in [0.05, 0.1) is 5.41 Å². The highest BCUT2D eigenvalue weighted by Gasteiger charge is 2.43. The van der Waals surface area contributed by atoms with E-state index in [4.69, 9.17) is 5.73 Å². The lowest BCUT2D eigenvalue weighted by Crippen LogP contribution is -2.47. The molecule has 1 amide bonds. The monoisotopic (exact) mass is 297 g/mol. The highest BCUT2D eigenvalue weighted by Crippen LogP contribution is 2.40. The Morgan fingerprint density at radius 2 is 2.35 bits per heavy atom. The van der Waals surface area contributed by atoms with E-state index in [0.717, 1.165) is 29.3 Å². The second-order valence-electron chi connectivity index (χ2n) is 4.61. The summed E-state index contributed by atoms with van der Waals surface area (Å²) in [5, 5.41) is 2.88. The van der Waals surface area contributed by atoms with Crippen LogP contribution < -0.4 is 11.1 Å². The predicted octanol–water partition coefficient (Wildman–Crippen LogP) is 2.22. The summed E-state index contributed by atoms with van der Waals surface area (Å²) >= 11 is 3.35. The summed E-state index contributed by atoms with van der Waals surface area (Å²) < 4.78 is 0.908. The number of pyridine rings is 1. The summed E-state index contributed by atoms with van der Waals surface area (Å²) in [6.07, 6.45) is 4.52. The van der Waals surface area contributed by atoms with Crippen LogP contribution in [0.2, 0.25) is 0 Å². The number of carbonyl (C=O) groups excluding carboxylic acids is 1. The maximum absolute atomic E-state index is 12.1. The average Bonchev–Trinajstić information content (AvgIpc) is 2.21. The van der Waals surface area contributed by atoms with Gasteiger partial charge >= 0.3 is 0 Å². The average molecular weight is 298 g/mol. The van der Waals surface area contributed by atoms with Crippen molar-refractivity contribution >= 4 is 27.7 Å². The van der Waals surface area contributed by atoms with Crippen LogP contribution in [-0.4, -0.2) is 17.4 Å². The molecule has 0 saturated heterocycles. The van der Waals surface area contributed by atoms with Crippen molar-refractivity contribution in [1.82, 2.24) is 4.98 Å². The minimum Gasteiger partial charge on any atom is -0.329 e. The second kappa shape index (κ2) is 4.74. The Morgan fingerprint density at radius 3 is 2.82 bits per heavy atom. The van der Waals surface area contributed by atoms with Gasteiger partial charge in [0.15, 0.2) is 0 Å². The van der Waals surface area contributed by atoms with Crippen LogP contribution in [0, 0.1) is 12.3 Å². The number of anilines is 1. The molecule has 0 bridgehead atoms. The highest BCUT2D eigenvalue weighted by atomic mass is 79.9. The van der Waals surface area contributed by atoms with Crippen molar-refractivity contribution in [1.29, 1.82) is 0 Å². The number of aryl methyl sites for hydroxylation is 1. The molecule has 0 spiro atoms. The van der Waals surface area contributed by atoms with E-state index in [2.05, 4.69) is 26.2 Å². The number of rotatable bonds is 3. The Hall–Kier alpha value is -0.940. The Balaban J connectivity index is 2.13. The van der Waals surface area contributed by atoms with Crippen molar-refractivity contribution in [2.24, 2.45) is 11.1 Å². The van der Waals surface area contributed by atoms with E-state index in [1.54, 1.807) is 6.20 Å². The van der Waals surface area contributed by atoms with Gasteiger partial charge in [-0.15, -0.1) is 0 Å². The third kappa shape index (κ3) is 2.35. The van der Waals surface area contributed by atoms with Crippen molar-refractivity contribution in [3.63, 3.8) is 0 Å². The topological polar surface area (TPSA) is 68.0 Å². The van der Waals surface area contributed by atoms with E-state index >= 15 is 0 Å². The molecule has 1 saturated carbocycles. The molecule has 0 aromatic carbocycles. The molecular formula is C12H16BrN3O. The molecule has 5 heteroatoms. The number of nitrogens with two attached hydrogens (primary N) is 1. The Morgan fingerprint density at radius 1 is 1.65 bits per heavy atom. The SMILES string of the molecule is Cc1cc(Br)cnc1NC(=O)C1(CN)CCC1. The molecule has 0 radical (unpaired) electrons. The maximum Gasteiger partial charge on any atom is 0.233 e. The molecule has 1 heterocycles. The summed E-state index contributed by atoms with van der Waals surface area (Å²) in [7, 11) is 0. The van der Waals surface area contributed by atoms with Gasteiger partial charge in [-0.2, -0.15) is 0 Å². The predicted molar refractivity (Wildman–Crippen MR) is 70.6 cm³/mol. The van der Waals surface area contributed by atoms with E-state index in [1.807, 2.05) is 13.0 Å². The maximum atomic E-state index is 12.1. The van der Waals surface area contributed by atoms with Crippen LogP contribution in [0.15, 0.2) is 16.7 Å². The summed E-state index contributed by atoms with van der Waals surface area (Å²) in [4.78, 5) is 16.3. The van der Waals surface area contributed by atoms with Gasteiger partial charge < -0.3 is 11.1 Å². The summed E-state index contributed by atoms with van der Waals surface area (Å²) in [6, 6.07) is 1.93. The zero-order valence-electron chi connectivity index (χ0n) is 9.79. The smallest absolute Gasteiger partial charge is 0.233 e. The van der Waals surface area contributed by atoms with Gasteiger partial charge in [-0.25, -0.2) is 4.98 Å². The fraction of sp³-hybridized carbons (Fsp3) is 0.500. The molecule has 92 valence electrons. The first-order valence-electron chi connectivity index (χ1n) is 5.71. The van der Waals surface area contributed by atoms with Crippen LogP contribution in [-0.2, 0) is 4.79 Å². The third-order valence-electron chi connectivity index (χ3n) is 3.46. The first-order valence-corrected chi connectivity index (χ1v) is 6.50. The van der Waals surface area contributed by atoms with Crippen molar-refractivity contribution in [2.45, 2.75) is 26.2 Å². The third-order valence-corrected chi connectivity index (χ3v) is 3.89. The number of amides is 1. The normalized spacial score (nSPS) is 17.4. The lowest BCUT2D eigenvalue weighted by atomic mass is 9.68. The standard InChI is InChI=1S/C12H16BrN3O/c1-8-5-9(13)6-15-10(8)16-11(17)12(7-14)3-2-4-12/h5-6H,2-4,7,14H2,1H3,(H,15,16,17). The summed E-state index contributed by atoms with van der Waals surface area (Å²) in [5.41, 5.74) is 6.28. The Labute approximate surface area is 109 Å². The molecule has 0 unspecified atom stereocenters. The Kier molecular flexibility index (Phi) is 3.49. The molecule has 17 heavy (non-hydrogen) atoms. The first-order chi connectivity index (χ1) is 8.07. The molecule has 1 aromatic rings. The van der Waals surface area contributed by atoms with Crippen LogP contribution in [0.25, 0.3) is 0 Å². The molecule has 3 N–H and O–H groups in total. The van der Waals surface area contributed by atoms with Crippen molar-refractivity contribution in [3.05, 3.63) is 22.3 Å². The molecule has 2 rings (SSSR count). The van der Waals surface area contributed by atoms with Crippen LogP contribution in [0.1, 0.15) is 24.8 Å². The largest absolute Gasteiger partial charge is 0.329 e. The van der Waals surface area contributed by atoms with Gasteiger partial charge in [0.2, 0.25) is 5.91 Å². The molecule has 0 atom stereocenters. The van der Waals surface area contributed by atoms with E-state index < -0.39 is 0 Å².